The van der Waals surface area contributed by atoms with Gasteiger partial charge in [0.15, 0.2) is 5.16 Å². The summed E-state index contributed by atoms with van der Waals surface area (Å²) < 4.78 is 1.99. The largest absolute Gasteiger partial charge is 0.298 e. The average Bonchev–Trinajstić information content (AvgIpc) is 2.89. The first-order chi connectivity index (χ1) is 10.1. The fraction of sp³-hybridized carbons (Fsp3) is 0.438. The molecule has 1 unspecified atom stereocenters. The number of ketones is 1. The van der Waals surface area contributed by atoms with Crippen LogP contribution >= 0.6 is 11.8 Å². The van der Waals surface area contributed by atoms with E-state index in [1.54, 1.807) is 18.1 Å². The molecule has 0 spiro atoms. The molecule has 1 atom stereocenters. The topological polar surface area (TPSA) is 47.8 Å². The summed E-state index contributed by atoms with van der Waals surface area (Å²) in [6.45, 7) is 4.17. The van der Waals surface area contributed by atoms with Crippen molar-refractivity contribution in [1.29, 1.82) is 0 Å². The highest BCUT2D eigenvalue weighted by Crippen LogP contribution is 2.32. The lowest BCUT2D eigenvalue weighted by molar-refractivity contribution is -0.119. The third-order valence-corrected chi connectivity index (χ3v) is 5.15. The molecule has 1 aliphatic rings. The van der Waals surface area contributed by atoms with E-state index in [-0.39, 0.29) is 5.25 Å². The van der Waals surface area contributed by atoms with E-state index >= 15 is 0 Å². The molecule has 0 radical (unpaired) electrons. The molecule has 110 valence electrons. The lowest BCUT2D eigenvalue weighted by atomic mass is 9.99. The molecular weight excluding hydrogens is 282 g/mol. The number of carbonyl (C=O) groups is 1. The average molecular weight is 301 g/mol. The van der Waals surface area contributed by atoms with Crippen LogP contribution in [0, 0.1) is 13.8 Å². The number of nitrogens with zero attached hydrogens (tertiary/aromatic N) is 3. The van der Waals surface area contributed by atoms with Crippen molar-refractivity contribution in [3.05, 3.63) is 35.7 Å². The summed E-state index contributed by atoms with van der Waals surface area (Å²) in [4.78, 5) is 12.0. The van der Waals surface area contributed by atoms with E-state index in [0.29, 0.717) is 12.2 Å². The Morgan fingerprint density at radius 2 is 2.14 bits per heavy atom. The number of hydrogen-bond donors (Lipinski definition) is 0. The minimum atomic E-state index is 0.0347. The van der Waals surface area contributed by atoms with E-state index < -0.39 is 0 Å². The molecular formula is C16H19N3OS. The molecule has 1 heterocycles. The van der Waals surface area contributed by atoms with E-state index in [1.165, 1.54) is 11.1 Å². The molecule has 3 rings (SSSR count). The number of rotatable bonds is 3. The summed E-state index contributed by atoms with van der Waals surface area (Å²) in [5.74, 6) is 0.349. The van der Waals surface area contributed by atoms with Gasteiger partial charge in [0.05, 0.1) is 10.9 Å². The SMILES string of the molecule is Cc1ccc(-n2cnnc2SC2CCCCC2=O)c(C)c1. The summed E-state index contributed by atoms with van der Waals surface area (Å²) >= 11 is 1.55. The Hall–Kier alpha value is -1.62. The number of aryl methyl sites for hydroxylation is 2. The van der Waals surface area contributed by atoms with E-state index in [2.05, 4.69) is 42.2 Å². The number of benzene rings is 1. The Morgan fingerprint density at radius 1 is 1.29 bits per heavy atom. The van der Waals surface area contributed by atoms with Gasteiger partial charge in [0.25, 0.3) is 0 Å². The molecule has 1 fully saturated rings. The molecule has 1 aliphatic carbocycles. The zero-order chi connectivity index (χ0) is 14.8. The van der Waals surface area contributed by atoms with Crippen molar-refractivity contribution in [3.8, 4) is 5.69 Å². The van der Waals surface area contributed by atoms with Crippen LogP contribution in [0.4, 0.5) is 0 Å². The van der Waals surface area contributed by atoms with Crippen molar-refractivity contribution in [2.75, 3.05) is 0 Å². The van der Waals surface area contributed by atoms with Crippen LogP contribution in [0.1, 0.15) is 36.8 Å². The third-order valence-electron chi connectivity index (χ3n) is 3.87. The Kier molecular flexibility index (Phi) is 4.10. The molecule has 0 saturated heterocycles. The Bertz CT molecular complexity index is 665. The van der Waals surface area contributed by atoms with Crippen LogP contribution < -0.4 is 0 Å². The molecule has 0 aliphatic heterocycles. The second kappa shape index (κ2) is 6.02. The summed E-state index contributed by atoms with van der Waals surface area (Å²) in [5, 5.41) is 9.08. The lowest BCUT2D eigenvalue weighted by Gasteiger charge is -2.19. The highest BCUT2D eigenvalue weighted by atomic mass is 32.2. The number of hydrogen-bond acceptors (Lipinski definition) is 4. The predicted octanol–water partition coefficient (Wildman–Crippen LogP) is 3.49. The van der Waals surface area contributed by atoms with E-state index in [1.807, 2.05) is 4.57 Å². The maximum Gasteiger partial charge on any atom is 0.196 e. The minimum Gasteiger partial charge on any atom is -0.298 e. The molecule has 1 saturated carbocycles. The van der Waals surface area contributed by atoms with Crippen LogP contribution in [0.5, 0.6) is 0 Å². The van der Waals surface area contributed by atoms with E-state index in [0.717, 1.165) is 30.1 Å². The van der Waals surface area contributed by atoms with Gasteiger partial charge in [-0.3, -0.25) is 9.36 Å². The Balaban J connectivity index is 1.88. The van der Waals surface area contributed by atoms with Gasteiger partial charge in [-0.2, -0.15) is 0 Å². The molecule has 0 amide bonds. The number of Topliss-reactive ketones (excluding diaryl/α,β-unsaturated/α-hetero) is 1. The first-order valence-electron chi connectivity index (χ1n) is 7.32. The maximum atomic E-state index is 12.0. The van der Waals surface area contributed by atoms with Gasteiger partial charge in [0.2, 0.25) is 0 Å². The van der Waals surface area contributed by atoms with Gasteiger partial charge in [-0.05, 0) is 38.3 Å². The first kappa shape index (κ1) is 14.3. The standard InChI is InChI=1S/C16H19N3OS/c1-11-7-8-13(12(2)9-11)19-10-17-18-16(19)21-15-6-4-3-5-14(15)20/h7-10,15H,3-6H2,1-2H3. The molecule has 5 heteroatoms. The van der Waals surface area contributed by atoms with Gasteiger partial charge in [-0.1, -0.05) is 35.9 Å². The van der Waals surface area contributed by atoms with Gasteiger partial charge in [0, 0.05) is 6.42 Å². The van der Waals surface area contributed by atoms with Crippen molar-refractivity contribution in [3.63, 3.8) is 0 Å². The molecule has 4 nitrogen and oxygen atoms in total. The normalized spacial score (nSPS) is 19.0. The second-order valence-corrected chi connectivity index (χ2v) is 6.76. The monoisotopic (exact) mass is 301 g/mol. The smallest absolute Gasteiger partial charge is 0.196 e. The Morgan fingerprint density at radius 3 is 2.90 bits per heavy atom. The zero-order valence-electron chi connectivity index (χ0n) is 12.4. The van der Waals surface area contributed by atoms with Crippen LogP contribution in [-0.4, -0.2) is 25.8 Å². The van der Waals surface area contributed by atoms with Crippen LogP contribution in [0.2, 0.25) is 0 Å². The molecule has 0 bridgehead atoms. The van der Waals surface area contributed by atoms with Gasteiger partial charge in [-0.15, -0.1) is 10.2 Å². The highest BCUT2D eigenvalue weighted by molar-refractivity contribution is 8.00. The molecule has 1 aromatic carbocycles. The van der Waals surface area contributed by atoms with Gasteiger partial charge in [0.1, 0.15) is 12.1 Å². The van der Waals surface area contributed by atoms with Crippen molar-refractivity contribution in [1.82, 2.24) is 14.8 Å². The van der Waals surface area contributed by atoms with Gasteiger partial charge >= 0.3 is 0 Å². The number of carbonyl (C=O) groups excluding carboxylic acids is 1. The molecule has 21 heavy (non-hydrogen) atoms. The fourth-order valence-electron chi connectivity index (χ4n) is 2.75. The van der Waals surface area contributed by atoms with Crippen molar-refractivity contribution < 1.29 is 4.79 Å². The zero-order valence-corrected chi connectivity index (χ0v) is 13.2. The van der Waals surface area contributed by atoms with E-state index in [4.69, 9.17) is 0 Å². The van der Waals surface area contributed by atoms with E-state index in [9.17, 15) is 4.79 Å². The summed E-state index contributed by atoms with van der Waals surface area (Å²) in [5.41, 5.74) is 3.50. The van der Waals surface area contributed by atoms with Gasteiger partial charge < -0.3 is 0 Å². The quantitative estimate of drug-likeness (QED) is 0.870. The number of thioether (sulfide) groups is 1. The lowest BCUT2D eigenvalue weighted by Crippen LogP contribution is -2.21. The van der Waals surface area contributed by atoms with Gasteiger partial charge in [-0.25, -0.2) is 0 Å². The third kappa shape index (κ3) is 3.02. The molecule has 0 N–H and O–H groups in total. The Labute approximate surface area is 129 Å². The highest BCUT2D eigenvalue weighted by Gasteiger charge is 2.25. The fourth-order valence-corrected chi connectivity index (χ4v) is 3.89. The maximum absolute atomic E-state index is 12.0. The summed E-state index contributed by atoms with van der Waals surface area (Å²) in [6.07, 6.45) is 5.53. The van der Waals surface area contributed by atoms with Crippen LogP contribution in [0.25, 0.3) is 5.69 Å². The van der Waals surface area contributed by atoms with Crippen molar-refractivity contribution in [2.45, 2.75) is 49.9 Å². The van der Waals surface area contributed by atoms with Crippen molar-refractivity contribution in [2.24, 2.45) is 0 Å². The molecule has 1 aromatic heterocycles. The summed E-state index contributed by atoms with van der Waals surface area (Å²) in [7, 11) is 0. The minimum absolute atomic E-state index is 0.0347. The van der Waals surface area contributed by atoms with Crippen LogP contribution in [0.3, 0.4) is 0 Å². The second-order valence-electron chi connectivity index (χ2n) is 5.59. The van der Waals surface area contributed by atoms with Crippen molar-refractivity contribution >= 4 is 17.5 Å². The van der Waals surface area contributed by atoms with Crippen LogP contribution in [0.15, 0.2) is 29.7 Å². The summed E-state index contributed by atoms with van der Waals surface area (Å²) in [6, 6.07) is 6.32. The number of aromatic nitrogens is 3. The first-order valence-corrected chi connectivity index (χ1v) is 8.20. The van der Waals surface area contributed by atoms with Crippen LogP contribution in [-0.2, 0) is 4.79 Å². The predicted molar refractivity (Wildman–Crippen MR) is 84.0 cm³/mol. The molecule has 2 aromatic rings.